The lowest BCUT2D eigenvalue weighted by Gasteiger charge is -2.21. The monoisotopic (exact) mass is 413 g/mol. The third-order valence-electron chi connectivity index (χ3n) is 5.28. The van der Waals surface area contributed by atoms with E-state index in [0.29, 0.717) is 6.04 Å². The zero-order chi connectivity index (χ0) is 21.2. The summed E-state index contributed by atoms with van der Waals surface area (Å²) >= 11 is 0. The maximum Gasteiger partial charge on any atom is 0.490 e. The third-order valence-corrected chi connectivity index (χ3v) is 5.28. The molecule has 4 rings (SSSR count). The van der Waals surface area contributed by atoms with E-state index in [-0.39, 0.29) is 5.82 Å². The number of aromatic nitrogens is 1. The van der Waals surface area contributed by atoms with Crippen molar-refractivity contribution >= 4 is 22.6 Å². The van der Waals surface area contributed by atoms with Crippen LogP contribution < -0.4 is 10.6 Å². The summed E-state index contributed by atoms with van der Waals surface area (Å²) < 4.78 is 45.3. The number of carbonyl (C=O) groups is 1. The van der Waals surface area contributed by atoms with Crippen LogP contribution in [0.4, 0.5) is 23.2 Å². The van der Waals surface area contributed by atoms with E-state index in [4.69, 9.17) is 9.90 Å². The Morgan fingerprint density at radius 1 is 1.28 bits per heavy atom. The van der Waals surface area contributed by atoms with Crippen molar-refractivity contribution in [1.82, 2.24) is 10.3 Å². The number of aryl methyl sites for hydroxylation is 1. The number of nitrogens with zero attached hydrogens (tertiary/aromatic N) is 1. The number of fused-ring (bicyclic) bond motifs is 1. The molecule has 2 aromatic rings. The Bertz CT molecular complexity index is 884. The molecule has 0 radical (unpaired) electrons. The fourth-order valence-electron chi connectivity index (χ4n) is 3.80. The second-order valence-corrected chi connectivity index (χ2v) is 7.51. The molecule has 1 aromatic carbocycles. The first kappa shape index (κ1) is 21.3. The second-order valence-electron chi connectivity index (χ2n) is 7.51. The van der Waals surface area contributed by atoms with Gasteiger partial charge in [0.15, 0.2) is 0 Å². The number of benzene rings is 1. The smallest absolute Gasteiger partial charge is 0.475 e. The molecule has 1 saturated carbocycles. The molecule has 0 amide bonds. The molecule has 9 heteroatoms. The molecule has 158 valence electrons. The number of nitrogens with one attached hydrogen (secondary N) is 2. The fourth-order valence-corrected chi connectivity index (χ4v) is 3.80. The Morgan fingerprint density at radius 2 is 1.97 bits per heavy atom. The van der Waals surface area contributed by atoms with Crippen molar-refractivity contribution in [2.75, 3.05) is 18.4 Å². The van der Waals surface area contributed by atoms with Crippen molar-refractivity contribution in [2.45, 2.75) is 38.4 Å². The van der Waals surface area contributed by atoms with Gasteiger partial charge in [-0.05, 0) is 68.8 Å². The molecular weight excluding hydrogens is 390 g/mol. The Hall–Kier alpha value is -2.42. The highest BCUT2D eigenvalue weighted by atomic mass is 19.4. The lowest BCUT2D eigenvalue weighted by molar-refractivity contribution is -0.192. The summed E-state index contributed by atoms with van der Waals surface area (Å²) in [6, 6.07) is 7.35. The summed E-state index contributed by atoms with van der Waals surface area (Å²) in [5, 5.41) is 15.2. The number of carboxylic acid groups (broad SMARTS) is 1. The molecule has 2 unspecified atom stereocenters. The Labute approximate surface area is 165 Å². The zero-order valence-corrected chi connectivity index (χ0v) is 15.9. The fraction of sp³-hybridized carbons (Fsp3) is 0.500. The van der Waals surface area contributed by atoms with E-state index in [2.05, 4.69) is 15.6 Å². The van der Waals surface area contributed by atoms with E-state index in [1.165, 1.54) is 25.3 Å². The molecule has 1 aliphatic heterocycles. The summed E-state index contributed by atoms with van der Waals surface area (Å²) in [5.74, 6) is -1.24. The third kappa shape index (κ3) is 5.56. The van der Waals surface area contributed by atoms with Crippen molar-refractivity contribution in [3.05, 3.63) is 35.8 Å². The minimum atomic E-state index is -5.08. The van der Waals surface area contributed by atoms with Crippen LogP contribution in [0.15, 0.2) is 24.3 Å². The number of halogens is 4. The van der Waals surface area contributed by atoms with Crippen LogP contribution in [0, 0.1) is 24.6 Å². The quantitative estimate of drug-likeness (QED) is 0.658. The van der Waals surface area contributed by atoms with Gasteiger partial charge < -0.3 is 15.7 Å². The molecule has 0 spiro atoms. The first-order valence-corrected chi connectivity index (χ1v) is 9.49. The van der Waals surface area contributed by atoms with Gasteiger partial charge in [0.2, 0.25) is 0 Å². The Kier molecular flexibility index (Phi) is 6.26. The molecule has 0 bridgehead atoms. The SMILES string of the molecule is Cc1cc(NCC2NCCC2C2CC2)c2cc(F)ccc2n1.O=C(O)C(F)(F)F. The average molecular weight is 413 g/mol. The molecule has 2 aliphatic rings. The van der Waals surface area contributed by atoms with Crippen LogP contribution in [0.25, 0.3) is 10.9 Å². The van der Waals surface area contributed by atoms with Crippen molar-refractivity contribution in [3.8, 4) is 0 Å². The average Bonchev–Trinajstić information content (AvgIpc) is 3.38. The molecule has 1 aromatic heterocycles. The molecule has 2 atom stereocenters. The van der Waals surface area contributed by atoms with E-state index >= 15 is 0 Å². The lowest BCUT2D eigenvalue weighted by Crippen LogP contribution is -2.35. The maximum atomic E-state index is 13.6. The van der Waals surface area contributed by atoms with Crippen molar-refractivity contribution < 1.29 is 27.5 Å². The number of alkyl halides is 3. The summed E-state index contributed by atoms with van der Waals surface area (Å²) in [7, 11) is 0. The molecule has 1 aliphatic carbocycles. The van der Waals surface area contributed by atoms with Crippen LogP contribution in [-0.2, 0) is 4.79 Å². The topological polar surface area (TPSA) is 74.2 Å². The van der Waals surface area contributed by atoms with Gasteiger partial charge in [-0.25, -0.2) is 9.18 Å². The normalized spacial score (nSPS) is 21.6. The second kappa shape index (κ2) is 8.52. The predicted molar refractivity (Wildman–Crippen MR) is 101 cm³/mol. The van der Waals surface area contributed by atoms with Gasteiger partial charge in [-0.15, -0.1) is 0 Å². The van der Waals surface area contributed by atoms with E-state index in [1.807, 2.05) is 13.0 Å². The minimum absolute atomic E-state index is 0.212. The molecule has 2 heterocycles. The molecule has 5 nitrogen and oxygen atoms in total. The van der Waals surface area contributed by atoms with Gasteiger partial charge >= 0.3 is 12.1 Å². The first-order chi connectivity index (χ1) is 13.6. The van der Waals surface area contributed by atoms with Crippen molar-refractivity contribution in [2.24, 2.45) is 11.8 Å². The van der Waals surface area contributed by atoms with Gasteiger partial charge in [-0.3, -0.25) is 4.98 Å². The standard InChI is InChI=1S/C18H22FN3.C2HF3O2/c1-11-8-17(15-9-13(19)4-5-16(15)22-11)21-10-18-14(6-7-20-18)12-2-3-12;3-2(4,5)1(6)7/h4-5,8-9,12,14,18,20H,2-3,6-7,10H2,1H3,(H,21,22);(H,6,7). The van der Waals surface area contributed by atoms with Crippen LogP contribution in [0.3, 0.4) is 0 Å². The first-order valence-electron chi connectivity index (χ1n) is 9.49. The van der Waals surface area contributed by atoms with Gasteiger partial charge in [0.1, 0.15) is 5.82 Å². The summed E-state index contributed by atoms with van der Waals surface area (Å²) in [6.07, 6.45) is -1.00. The number of pyridine rings is 1. The number of rotatable bonds is 4. The predicted octanol–water partition coefficient (Wildman–Crippen LogP) is 4.12. The molecule has 3 N–H and O–H groups in total. The van der Waals surface area contributed by atoms with Gasteiger partial charge in [0, 0.05) is 29.4 Å². The highest BCUT2D eigenvalue weighted by Gasteiger charge is 2.39. The summed E-state index contributed by atoms with van der Waals surface area (Å²) in [4.78, 5) is 13.4. The van der Waals surface area contributed by atoms with Crippen LogP contribution in [0.2, 0.25) is 0 Å². The highest BCUT2D eigenvalue weighted by molar-refractivity contribution is 5.91. The van der Waals surface area contributed by atoms with Crippen LogP contribution in [0.1, 0.15) is 25.0 Å². The van der Waals surface area contributed by atoms with Crippen molar-refractivity contribution in [1.29, 1.82) is 0 Å². The van der Waals surface area contributed by atoms with Crippen LogP contribution in [0.5, 0.6) is 0 Å². The lowest BCUT2D eigenvalue weighted by atomic mass is 9.95. The van der Waals surface area contributed by atoms with Crippen LogP contribution in [-0.4, -0.2) is 41.4 Å². The number of anilines is 1. The largest absolute Gasteiger partial charge is 0.490 e. The minimum Gasteiger partial charge on any atom is -0.475 e. The number of hydrogen-bond donors (Lipinski definition) is 3. The van der Waals surface area contributed by atoms with Crippen molar-refractivity contribution in [3.63, 3.8) is 0 Å². The highest BCUT2D eigenvalue weighted by Crippen LogP contribution is 2.42. The van der Waals surface area contributed by atoms with Gasteiger partial charge in [-0.1, -0.05) is 0 Å². The van der Waals surface area contributed by atoms with E-state index in [1.54, 1.807) is 12.1 Å². The molecule has 1 saturated heterocycles. The Balaban J connectivity index is 0.000000298. The summed E-state index contributed by atoms with van der Waals surface area (Å²) in [6.45, 7) is 4.00. The van der Waals surface area contributed by atoms with E-state index < -0.39 is 12.1 Å². The van der Waals surface area contributed by atoms with E-state index in [0.717, 1.165) is 47.2 Å². The zero-order valence-electron chi connectivity index (χ0n) is 15.9. The molecule has 29 heavy (non-hydrogen) atoms. The van der Waals surface area contributed by atoms with Gasteiger partial charge in [-0.2, -0.15) is 13.2 Å². The van der Waals surface area contributed by atoms with Gasteiger partial charge in [0.05, 0.1) is 5.52 Å². The van der Waals surface area contributed by atoms with Crippen LogP contribution >= 0.6 is 0 Å². The Morgan fingerprint density at radius 3 is 2.59 bits per heavy atom. The van der Waals surface area contributed by atoms with E-state index in [9.17, 15) is 17.6 Å². The van der Waals surface area contributed by atoms with Gasteiger partial charge in [0.25, 0.3) is 0 Å². The molecular formula is C20H23F4N3O2. The maximum absolute atomic E-state index is 13.6. The summed E-state index contributed by atoms with van der Waals surface area (Å²) in [5.41, 5.74) is 2.80. The number of hydrogen-bond acceptors (Lipinski definition) is 4. The number of carboxylic acids is 1. The number of aliphatic carboxylic acids is 1. The molecule has 2 fully saturated rings.